The zero-order chi connectivity index (χ0) is 20.2. The number of rotatable bonds is 7. The van der Waals surface area contributed by atoms with Crippen LogP contribution in [0.3, 0.4) is 0 Å². The number of nitrogens with zero attached hydrogens (tertiary/aromatic N) is 2. The number of ether oxygens (including phenoxy) is 1. The summed E-state index contributed by atoms with van der Waals surface area (Å²) in [6.45, 7) is 6.06. The largest absolute Gasteiger partial charge is 0.494 e. The number of benzene rings is 2. The molecule has 4 nitrogen and oxygen atoms in total. The molecule has 1 fully saturated rings. The Balaban J connectivity index is 1.71. The van der Waals surface area contributed by atoms with Crippen LogP contribution in [-0.4, -0.2) is 23.2 Å². The molecular weight excluding hydrogens is 358 g/mol. The Morgan fingerprint density at radius 3 is 2.55 bits per heavy atom. The first-order valence-corrected chi connectivity index (χ1v) is 11.1. The minimum atomic E-state index is 0.236. The first-order chi connectivity index (χ1) is 14.2. The first-order valence-electron chi connectivity index (χ1n) is 11.1. The van der Waals surface area contributed by atoms with Crippen molar-refractivity contribution >= 4 is 16.7 Å². The van der Waals surface area contributed by atoms with E-state index in [0.29, 0.717) is 6.61 Å². The fraction of sp³-hybridized carbons (Fsp3) is 0.480. The molecule has 0 spiro atoms. The molecule has 0 amide bonds. The topological polar surface area (TPSA) is 39.1 Å². The van der Waals surface area contributed by atoms with Crippen LogP contribution >= 0.6 is 0 Å². The lowest BCUT2D eigenvalue weighted by atomic mass is 9.89. The second-order valence-electron chi connectivity index (χ2n) is 8.26. The van der Waals surface area contributed by atoms with Crippen molar-refractivity contribution in [2.75, 3.05) is 19.0 Å². The van der Waals surface area contributed by atoms with Crippen LogP contribution in [0, 0.1) is 5.92 Å². The number of anilines is 1. The Labute approximate surface area is 174 Å². The molecule has 1 aliphatic carbocycles. The molecule has 1 unspecified atom stereocenters. The normalized spacial score (nSPS) is 16.1. The molecule has 0 bridgehead atoms. The smallest absolute Gasteiger partial charge is 0.119 e. The van der Waals surface area contributed by atoms with E-state index in [1.807, 2.05) is 14.0 Å². The summed E-state index contributed by atoms with van der Waals surface area (Å²) >= 11 is 0. The molecule has 1 saturated carbocycles. The molecule has 0 saturated heterocycles. The third kappa shape index (κ3) is 4.26. The van der Waals surface area contributed by atoms with Crippen molar-refractivity contribution in [3.8, 4) is 5.75 Å². The summed E-state index contributed by atoms with van der Waals surface area (Å²) in [5.74, 6) is 3.09. The minimum absolute atomic E-state index is 0.236. The van der Waals surface area contributed by atoms with Gasteiger partial charge in [-0.25, -0.2) is 4.98 Å². The monoisotopic (exact) mass is 391 g/mol. The number of fused-ring (bicyclic) bond motifs is 1. The predicted octanol–water partition coefficient (Wildman–Crippen LogP) is 6.21. The van der Waals surface area contributed by atoms with Crippen LogP contribution in [0.4, 0.5) is 5.69 Å². The average molecular weight is 392 g/mol. The van der Waals surface area contributed by atoms with Crippen molar-refractivity contribution in [2.24, 2.45) is 5.92 Å². The molecule has 154 valence electrons. The molecule has 0 aliphatic heterocycles. The lowest BCUT2D eigenvalue weighted by molar-refractivity contribution is 0.318. The highest BCUT2D eigenvalue weighted by molar-refractivity contribution is 5.80. The third-order valence-corrected chi connectivity index (χ3v) is 6.31. The van der Waals surface area contributed by atoms with Gasteiger partial charge in [-0.3, -0.25) is 0 Å². The maximum atomic E-state index is 5.62. The van der Waals surface area contributed by atoms with Gasteiger partial charge in [0.2, 0.25) is 0 Å². The minimum Gasteiger partial charge on any atom is -0.494 e. The first kappa shape index (κ1) is 19.8. The van der Waals surface area contributed by atoms with Crippen LogP contribution in [0.25, 0.3) is 11.0 Å². The Kier molecular flexibility index (Phi) is 6.08. The molecule has 1 aliphatic rings. The molecule has 29 heavy (non-hydrogen) atoms. The van der Waals surface area contributed by atoms with E-state index in [1.54, 1.807) is 0 Å². The van der Waals surface area contributed by atoms with Crippen molar-refractivity contribution in [3.63, 3.8) is 0 Å². The van der Waals surface area contributed by atoms with E-state index in [9.17, 15) is 0 Å². The summed E-state index contributed by atoms with van der Waals surface area (Å²) in [5.41, 5.74) is 4.73. The van der Waals surface area contributed by atoms with E-state index in [-0.39, 0.29) is 5.92 Å². The highest BCUT2D eigenvalue weighted by Gasteiger charge is 2.22. The lowest BCUT2D eigenvalue weighted by Gasteiger charge is -2.24. The molecule has 1 heterocycles. The van der Waals surface area contributed by atoms with Gasteiger partial charge in [0.1, 0.15) is 11.6 Å². The van der Waals surface area contributed by atoms with Crippen molar-refractivity contribution in [3.05, 3.63) is 53.9 Å². The molecular formula is C25H33N3O. The maximum absolute atomic E-state index is 5.62. The van der Waals surface area contributed by atoms with Gasteiger partial charge >= 0.3 is 0 Å². The van der Waals surface area contributed by atoms with Crippen LogP contribution in [-0.2, 0) is 6.54 Å². The standard InChI is InChI=1S/C25H33N3O/c1-4-29-22-13-10-20(11-14-22)18(2)25-27-23-16-21(26-3)12-15-24(23)28(25)17-19-8-6-5-7-9-19/h10-16,18-19,26H,4-9,17H2,1-3H3. The van der Waals surface area contributed by atoms with E-state index in [2.05, 4.69) is 59.3 Å². The van der Waals surface area contributed by atoms with Crippen LogP contribution in [0.1, 0.15) is 63.3 Å². The Morgan fingerprint density at radius 2 is 1.86 bits per heavy atom. The van der Waals surface area contributed by atoms with Gasteiger partial charge in [0.05, 0.1) is 17.6 Å². The van der Waals surface area contributed by atoms with E-state index in [1.165, 1.54) is 49.0 Å². The van der Waals surface area contributed by atoms with E-state index in [0.717, 1.165) is 29.4 Å². The van der Waals surface area contributed by atoms with Gasteiger partial charge in [0.25, 0.3) is 0 Å². The van der Waals surface area contributed by atoms with Crippen molar-refractivity contribution < 1.29 is 4.74 Å². The van der Waals surface area contributed by atoms with Gasteiger partial charge < -0.3 is 14.6 Å². The number of nitrogens with one attached hydrogen (secondary N) is 1. The molecule has 0 radical (unpaired) electrons. The SMILES string of the molecule is CCOc1ccc(C(C)c2nc3cc(NC)ccc3n2CC2CCCCC2)cc1. The predicted molar refractivity (Wildman–Crippen MR) is 121 cm³/mol. The Hall–Kier alpha value is -2.49. The van der Waals surface area contributed by atoms with Gasteiger partial charge in [0.15, 0.2) is 0 Å². The summed E-state index contributed by atoms with van der Waals surface area (Å²) in [6.07, 6.45) is 6.80. The van der Waals surface area contributed by atoms with Crippen LogP contribution in [0.5, 0.6) is 5.75 Å². The van der Waals surface area contributed by atoms with Gasteiger partial charge in [-0.1, -0.05) is 38.3 Å². The van der Waals surface area contributed by atoms with E-state index < -0.39 is 0 Å². The summed E-state index contributed by atoms with van der Waals surface area (Å²) < 4.78 is 8.11. The molecule has 1 atom stereocenters. The van der Waals surface area contributed by atoms with Gasteiger partial charge in [0, 0.05) is 25.2 Å². The highest BCUT2D eigenvalue weighted by atomic mass is 16.5. The molecule has 1 aromatic heterocycles. The summed E-state index contributed by atoms with van der Waals surface area (Å²) in [7, 11) is 1.96. The van der Waals surface area contributed by atoms with E-state index in [4.69, 9.17) is 9.72 Å². The van der Waals surface area contributed by atoms with Crippen molar-refractivity contribution in [1.29, 1.82) is 0 Å². The summed E-state index contributed by atoms with van der Waals surface area (Å²) in [4.78, 5) is 5.11. The van der Waals surface area contributed by atoms with Gasteiger partial charge in [-0.15, -0.1) is 0 Å². The Morgan fingerprint density at radius 1 is 1.10 bits per heavy atom. The number of aromatic nitrogens is 2. The molecule has 1 N–H and O–H groups in total. The lowest BCUT2D eigenvalue weighted by Crippen LogP contribution is -2.17. The molecule has 3 aromatic rings. The highest BCUT2D eigenvalue weighted by Crippen LogP contribution is 2.33. The van der Waals surface area contributed by atoms with Gasteiger partial charge in [-0.2, -0.15) is 0 Å². The molecule has 2 aromatic carbocycles. The van der Waals surface area contributed by atoms with Crippen LogP contribution < -0.4 is 10.1 Å². The zero-order valence-electron chi connectivity index (χ0n) is 17.9. The number of hydrogen-bond acceptors (Lipinski definition) is 3. The van der Waals surface area contributed by atoms with Crippen molar-refractivity contribution in [2.45, 2.75) is 58.4 Å². The summed E-state index contributed by atoms with van der Waals surface area (Å²) in [5, 5.41) is 3.25. The van der Waals surface area contributed by atoms with Gasteiger partial charge in [-0.05, 0) is 61.6 Å². The maximum Gasteiger partial charge on any atom is 0.119 e. The summed E-state index contributed by atoms with van der Waals surface area (Å²) in [6, 6.07) is 15.1. The quantitative estimate of drug-likeness (QED) is 0.520. The van der Waals surface area contributed by atoms with Crippen LogP contribution in [0.15, 0.2) is 42.5 Å². The zero-order valence-corrected chi connectivity index (χ0v) is 17.9. The Bertz CT molecular complexity index is 939. The number of imidazole rings is 1. The fourth-order valence-electron chi connectivity index (χ4n) is 4.62. The fourth-order valence-corrected chi connectivity index (χ4v) is 4.62. The molecule has 4 heteroatoms. The third-order valence-electron chi connectivity index (χ3n) is 6.31. The second kappa shape index (κ2) is 8.89. The second-order valence-corrected chi connectivity index (χ2v) is 8.26. The number of hydrogen-bond donors (Lipinski definition) is 1. The molecule has 4 rings (SSSR count). The average Bonchev–Trinajstić information content (AvgIpc) is 3.12. The van der Waals surface area contributed by atoms with Crippen molar-refractivity contribution in [1.82, 2.24) is 9.55 Å². The van der Waals surface area contributed by atoms with E-state index >= 15 is 0 Å². The van der Waals surface area contributed by atoms with Crippen LogP contribution in [0.2, 0.25) is 0 Å².